The van der Waals surface area contributed by atoms with Crippen molar-refractivity contribution in [1.82, 2.24) is 4.98 Å². The topological polar surface area (TPSA) is 61.6 Å². The Morgan fingerprint density at radius 2 is 1.70 bits per heavy atom. The Morgan fingerprint density at radius 3 is 2.48 bits per heavy atom. The molecule has 0 saturated heterocycles. The number of esters is 1. The molecular weight excluding hydrogens is 342 g/mol. The quantitative estimate of drug-likeness (QED) is 0.373. The van der Waals surface area contributed by atoms with Crippen LogP contribution in [-0.2, 0) is 6.61 Å². The fraction of sp³-hybridized carbons (Fsp3) is 0.0909. The van der Waals surface area contributed by atoms with Crippen molar-refractivity contribution in [3.05, 3.63) is 89.8 Å². The zero-order chi connectivity index (χ0) is 18.6. The Hall–Kier alpha value is -3.60. The summed E-state index contributed by atoms with van der Waals surface area (Å²) in [5.41, 5.74) is 2.84. The number of hydrogen-bond acceptors (Lipinski definition) is 5. The maximum Gasteiger partial charge on any atom is 0.343 e. The third-order valence-corrected chi connectivity index (χ3v) is 4.01. The fourth-order valence-electron chi connectivity index (χ4n) is 2.68. The Morgan fingerprint density at radius 1 is 0.963 bits per heavy atom. The van der Waals surface area contributed by atoms with Crippen molar-refractivity contribution in [3.63, 3.8) is 0 Å². The Labute approximate surface area is 156 Å². The zero-order valence-corrected chi connectivity index (χ0v) is 14.7. The normalized spacial score (nSPS) is 10.7. The van der Waals surface area contributed by atoms with Crippen molar-refractivity contribution in [2.24, 2.45) is 0 Å². The highest BCUT2D eigenvalue weighted by molar-refractivity contribution is 5.91. The Balaban J connectivity index is 1.40. The van der Waals surface area contributed by atoms with E-state index in [1.54, 1.807) is 49.4 Å². The van der Waals surface area contributed by atoms with Crippen molar-refractivity contribution in [2.75, 3.05) is 0 Å². The summed E-state index contributed by atoms with van der Waals surface area (Å²) >= 11 is 0. The van der Waals surface area contributed by atoms with Crippen LogP contribution in [0.2, 0.25) is 0 Å². The molecule has 1 heterocycles. The number of oxazole rings is 1. The molecule has 0 bridgehead atoms. The molecule has 1 aromatic heterocycles. The lowest BCUT2D eigenvalue weighted by molar-refractivity contribution is 0.0735. The molecule has 0 amide bonds. The minimum Gasteiger partial charge on any atom is -0.489 e. The second-order valence-corrected chi connectivity index (χ2v) is 6.05. The van der Waals surface area contributed by atoms with E-state index in [4.69, 9.17) is 13.9 Å². The van der Waals surface area contributed by atoms with Gasteiger partial charge in [0.2, 0.25) is 0 Å². The molecule has 27 heavy (non-hydrogen) atoms. The van der Waals surface area contributed by atoms with Gasteiger partial charge >= 0.3 is 5.97 Å². The van der Waals surface area contributed by atoms with Gasteiger partial charge in [-0.05, 0) is 42.0 Å². The molecule has 0 saturated carbocycles. The van der Waals surface area contributed by atoms with Crippen LogP contribution in [0.15, 0.2) is 77.2 Å². The van der Waals surface area contributed by atoms with Gasteiger partial charge in [0.05, 0.1) is 5.56 Å². The molecule has 0 fully saturated rings. The minimum absolute atomic E-state index is 0.421. The van der Waals surface area contributed by atoms with Crippen LogP contribution >= 0.6 is 0 Å². The van der Waals surface area contributed by atoms with Crippen LogP contribution in [0, 0.1) is 6.92 Å². The van der Waals surface area contributed by atoms with Crippen LogP contribution in [0.25, 0.3) is 11.1 Å². The minimum atomic E-state index is -0.441. The van der Waals surface area contributed by atoms with Crippen molar-refractivity contribution in [3.8, 4) is 11.5 Å². The number of nitrogens with zero attached hydrogens (tertiary/aromatic N) is 1. The number of carbonyl (C=O) groups is 1. The van der Waals surface area contributed by atoms with Gasteiger partial charge < -0.3 is 13.9 Å². The van der Waals surface area contributed by atoms with E-state index in [0.29, 0.717) is 40.7 Å². The van der Waals surface area contributed by atoms with Crippen molar-refractivity contribution in [1.29, 1.82) is 0 Å². The standard InChI is InChI=1S/C22H17NO4/c1-15-23-20-13-19(11-12-21(20)26-15)27-22(24)17-7-9-18(10-8-17)25-14-16-5-3-2-4-6-16/h2-13H,14H2,1H3. The zero-order valence-electron chi connectivity index (χ0n) is 14.7. The average molecular weight is 359 g/mol. The summed E-state index contributed by atoms with van der Waals surface area (Å²) in [6, 6.07) is 21.9. The maximum atomic E-state index is 12.3. The van der Waals surface area contributed by atoms with E-state index in [0.717, 1.165) is 5.56 Å². The smallest absolute Gasteiger partial charge is 0.343 e. The first-order valence-corrected chi connectivity index (χ1v) is 8.53. The van der Waals surface area contributed by atoms with E-state index in [9.17, 15) is 4.79 Å². The highest BCUT2D eigenvalue weighted by Crippen LogP contribution is 2.22. The van der Waals surface area contributed by atoms with Gasteiger partial charge in [0.1, 0.15) is 23.6 Å². The lowest BCUT2D eigenvalue weighted by Gasteiger charge is -2.07. The lowest BCUT2D eigenvalue weighted by atomic mass is 10.2. The predicted molar refractivity (Wildman–Crippen MR) is 101 cm³/mol. The van der Waals surface area contributed by atoms with Crippen LogP contribution < -0.4 is 9.47 Å². The second-order valence-electron chi connectivity index (χ2n) is 6.05. The monoisotopic (exact) mass is 359 g/mol. The van der Waals surface area contributed by atoms with Gasteiger partial charge in [-0.1, -0.05) is 30.3 Å². The summed E-state index contributed by atoms with van der Waals surface area (Å²) < 4.78 is 16.6. The predicted octanol–water partition coefficient (Wildman–Crippen LogP) is 4.93. The van der Waals surface area contributed by atoms with E-state index in [1.165, 1.54) is 0 Å². The first-order valence-electron chi connectivity index (χ1n) is 8.53. The van der Waals surface area contributed by atoms with E-state index in [-0.39, 0.29) is 0 Å². The first kappa shape index (κ1) is 16.8. The molecule has 0 atom stereocenters. The number of benzene rings is 3. The number of aryl methyl sites for hydroxylation is 1. The maximum absolute atomic E-state index is 12.3. The molecular formula is C22H17NO4. The van der Waals surface area contributed by atoms with Crippen LogP contribution in [0.1, 0.15) is 21.8 Å². The molecule has 134 valence electrons. The summed E-state index contributed by atoms with van der Waals surface area (Å²) in [5, 5.41) is 0. The molecule has 0 aliphatic rings. The number of fused-ring (bicyclic) bond motifs is 1. The summed E-state index contributed by atoms with van der Waals surface area (Å²) in [6.07, 6.45) is 0. The van der Waals surface area contributed by atoms with E-state index < -0.39 is 5.97 Å². The number of ether oxygens (including phenoxy) is 2. The molecule has 3 aromatic carbocycles. The lowest BCUT2D eigenvalue weighted by Crippen LogP contribution is -2.08. The van der Waals surface area contributed by atoms with Gasteiger partial charge in [-0.3, -0.25) is 0 Å². The summed E-state index contributed by atoms with van der Waals surface area (Å²) in [6.45, 7) is 2.24. The molecule has 0 unspecified atom stereocenters. The van der Waals surface area contributed by atoms with Gasteiger partial charge in [0, 0.05) is 13.0 Å². The molecule has 5 nitrogen and oxygen atoms in total. The SMILES string of the molecule is Cc1nc2cc(OC(=O)c3ccc(OCc4ccccc4)cc3)ccc2o1. The van der Waals surface area contributed by atoms with E-state index in [2.05, 4.69) is 4.98 Å². The molecule has 0 aliphatic carbocycles. The second kappa shape index (κ2) is 7.33. The Bertz CT molecular complexity index is 1070. The molecule has 0 spiro atoms. The molecule has 5 heteroatoms. The highest BCUT2D eigenvalue weighted by Gasteiger charge is 2.11. The van der Waals surface area contributed by atoms with E-state index >= 15 is 0 Å². The largest absolute Gasteiger partial charge is 0.489 e. The summed E-state index contributed by atoms with van der Waals surface area (Å²) in [5.74, 6) is 1.24. The van der Waals surface area contributed by atoms with Gasteiger partial charge in [-0.15, -0.1) is 0 Å². The first-order chi connectivity index (χ1) is 13.2. The van der Waals surface area contributed by atoms with Gasteiger partial charge in [-0.2, -0.15) is 0 Å². The van der Waals surface area contributed by atoms with Crippen LogP contribution in [0.4, 0.5) is 0 Å². The number of aromatic nitrogens is 1. The van der Waals surface area contributed by atoms with Gasteiger partial charge in [-0.25, -0.2) is 9.78 Å². The van der Waals surface area contributed by atoms with Crippen molar-refractivity contribution < 1.29 is 18.7 Å². The fourth-order valence-corrected chi connectivity index (χ4v) is 2.68. The molecule has 4 rings (SSSR count). The molecule has 0 radical (unpaired) electrons. The van der Waals surface area contributed by atoms with E-state index in [1.807, 2.05) is 30.3 Å². The van der Waals surface area contributed by atoms with Crippen molar-refractivity contribution >= 4 is 17.1 Å². The average Bonchev–Trinajstić information content (AvgIpc) is 3.07. The van der Waals surface area contributed by atoms with Gasteiger partial charge in [0.15, 0.2) is 11.5 Å². The summed E-state index contributed by atoms with van der Waals surface area (Å²) in [4.78, 5) is 16.6. The van der Waals surface area contributed by atoms with Crippen LogP contribution in [0.3, 0.4) is 0 Å². The third kappa shape index (κ3) is 3.98. The molecule has 0 aliphatic heterocycles. The number of rotatable bonds is 5. The van der Waals surface area contributed by atoms with Crippen LogP contribution in [0.5, 0.6) is 11.5 Å². The van der Waals surface area contributed by atoms with Crippen LogP contribution in [-0.4, -0.2) is 11.0 Å². The summed E-state index contributed by atoms with van der Waals surface area (Å²) in [7, 11) is 0. The van der Waals surface area contributed by atoms with Gasteiger partial charge in [0.25, 0.3) is 0 Å². The third-order valence-electron chi connectivity index (χ3n) is 4.01. The molecule has 4 aromatic rings. The molecule has 0 N–H and O–H groups in total. The van der Waals surface area contributed by atoms with Crippen molar-refractivity contribution in [2.45, 2.75) is 13.5 Å². The highest BCUT2D eigenvalue weighted by atomic mass is 16.5. The Kier molecular flexibility index (Phi) is 4.58. The number of hydrogen-bond donors (Lipinski definition) is 0. The number of carbonyl (C=O) groups excluding carboxylic acids is 1.